The lowest BCUT2D eigenvalue weighted by molar-refractivity contribution is 0.155. The summed E-state index contributed by atoms with van der Waals surface area (Å²) in [6.45, 7) is 7.27. The largest absolute Gasteiger partial charge is 0.495 e. The van der Waals surface area contributed by atoms with Gasteiger partial charge in [0.25, 0.3) is 10.0 Å². The molecule has 8 nitrogen and oxygen atoms in total. The molecule has 0 radical (unpaired) electrons. The second-order valence-electron chi connectivity index (χ2n) is 7.48. The third-order valence-corrected chi connectivity index (χ3v) is 7.45. The number of sulfonamides is 1. The predicted octanol–water partition coefficient (Wildman–Crippen LogP) is 3.24. The normalized spacial score (nSPS) is 11.7. The molecular weight excluding hydrogens is 410 g/mol. The summed E-state index contributed by atoms with van der Waals surface area (Å²) in [5, 5.41) is 6.76. The number of hydrogen-bond donors (Lipinski definition) is 1. The summed E-state index contributed by atoms with van der Waals surface area (Å²) in [6, 6.07) is 6.91. The van der Waals surface area contributed by atoms with Crippen molar-refractivity contribution >= 4 is 29.6 Å². The van der Waals surface area contributed by atoms with E-state index in [-0.39, 0.29) is 17.4 Å². The first-order chi connectivity index (χ1) is 13.7. The third kappa shape index (κ3) is 6.25. The van der Waals surface area contributed by atoms with E-state index >= 15 is 0 Å². The minimum Gasteiger partial charge on any atom is -0.495 e. The minimum absolute atomic E-state index is 0.0393. The summed E-state index contributed by atoms with van der Waals surface area (Å²) in [6.07, 6.45) is 6.58. The summed E-state index contributed by atoms with van der Waals surface area (Å²) in [5.74, 6) is 2.97. The first kappa shape index (κ1) is 22.8. The molecule has 0 saturated carbocycles. The van der Waals surface area contributed by atoms with Crippen LogP contribution in [0.3, 0.4) is 0 Å². The van der Waals surface area contributed by atoms with Crippen LogP contribution >= 0.6 is 0 Å². The zero-order valence-electron chi connectivity index (χ0n) is 17.1. The highest BCUT2D eigenvalue weighted by molar-refractivity contribution is 7.92. The van der Waals surface area contributed by atoms with E-state index in [1.807, 2.05) is 0 Å². The van der Waals surface area contributed by atoms with Crippen LogP contribution in [0.1, 0.15) is 0 Å². The van der Waals surface area contributed by atoms with Crippen LogP contribution in [0.5, 0.6) is 5.75 Å². The number of anilines is 2. The first-order valence-electron chi connectivity index (χ1n) is 9.05. The highest BCUT2D eigenvalue weighted by atomic mass is 32.2. The monoisotopic (exact) mass is 437 g/mol. The van der Waals surface area contributed by atoms with Gasteiger partial charge >= 0.3 is 0 Å². The summed E-state index contributed by atoms with van der Waals surface area (Å²) >= 11 is 0. The number of nitrogens with zero attached hydrogens (tertiary/aromatic N) is 2. The lowest BCUT2D eigenvalue weighted by atomic mass is 10.3. The van der Waals surface area contributed by atoms with Crippen molar-refractivity contribution < 1.29 is 22.4 Å². The molecule has 2 aromatic rings. The molecule has 158 valence electrons. The molecule has 0 fully saturated rings. The summed E-state index contributed by atoms with van der Waals surface area (Å²) in [4.78, 5) is 0.0393. The second-order valence-corrected chi connectivity index (χ2v) is 15.0. The maximum Gasteiger partial charge on any atom is 0.267 e. The van der Waals surface area contributed by atoms with E-state index in [1.54, 1.807) is 6.07 Å². The summed E-state index contributed by atoms with van der Waals surface area (Å²) in [7, 11) is -3.80. The number of hydrogen-bond acceptors (Lipinski definition) is 7. The second kappa shape index (κ2) is 9.82. The van der Waals surface area contributed by atoms with Crippen LogP contribution in [0, 0.1) is 12.3 Å². The van der Waals surface area contributed by atoms with Gasteiger partial charge < -0.3 is 19.3 Å². The molecule has 0 aliphatic carbocycles. The third-order valence-electron chi connectivity index (χ3n) is 4.03. The van der Waals surface area contributed by atoms with Gasteiger partial charge in [-0.15, -0.1) is 6.42 Å². The quantitative estimate of drug-likeness (QED) is 0.250. The number of rotatable bonds is 11. The molecule has 0 aliphatic rings. The Morgan fingerprint density at radius 3 is 2.66 bits per heavy atom. The molecular formula is C19H27N3O5SSi. The lowest BCUT2D eigenvalue weighted by Crippen LogP contribution is -2.34. The van der Waals surface area contributed by atoms with Crippen LogP contribution < -0.4 is 14.4 Å². The topological polar surface area (TPSA) is 93.9 Å². The fourth-order valence-electron chi connectivity index (χ4n) is 2.37. The molecule has 0 saturated heterocycles. The van der Waals surface area contributed by atoms with Crippen LogP contribution in [0.4, 0.5) is 11.5 Å². The van der Waals surface area contributed by atoms with E-state index in [1.165, 1.54) is 31.6 Å². The Bertz CT molecular complexity index is 934. The van der Waals surface area contributed by atoms with Crippen LogP contribution in [-0.2, 0) is 14.8 Å². The van der Waals surface area contributed by atoms with Crippen LogP contribution in [0.2, 0.25) is 25.7 Å². The van der Waals surface area contributed by atoms with E-state index < -0.39 is 18.1 Å². The average Bonchev–Trinajstić information content (AvgIpc) is 3.19. The number of benzene rings is 1. The predicted molar refractivity (Wildman–Crippen MR) is 115 cm³/mol. The van der Waals surface area contributed by atoms with Gasteiger partial charge in [0.15, 0.2) is 5.82 Å². The molecule has 0 amide bonds. The zero-order chi connectivity index (χ0) is 21.5. The smallest absolute Gasteiger partial charge is 0.267 e. The highest BCUT2D eigenvalue weighted by Crippen LogP contribution is 2.30. The van der Waals surface area contributed by atoms with Crippen molar-refractivity contribution in [3.63, 3.8) is 0 Å². The van der Waals surface area contributed by atoms with Gasteiger partial charge in [0, 0.05) is 26.8 Å². The number of nitrogens with one attached hydrogen (secondary N) is 1. The zero-order valence-corrected chi connectivity index (χ0v) is 19.0. The van der Waals surface area contributed by atoms with E-state index in [0.29, 0.717) is 24.6 Å². The van der Waals surface area contributed by atoms with Crippen molar-refractivity contribution in [2.75, 3.05) is 36.6 Å². The van der Waals surface area contributed by atoms with Gasteiger partial charge in [-0.3, -0.25) is 0 Å². The van der Waals surface area contributed by atoms with Gasteiger partial charge in [-0.1, -0.05) is 30.7 Å². The maximum atomic E-state index is 13.3. The van der Waals surface area contributed by atoms with E-state index in [2.05, 4.69) is 36.0 Å². The number of methoxy groups -OCH3 is 1. The Kier molecular flexibility index (Phi) is 7.72. The molecule has 0 aliphatic heterocycles. The molecule has 10 heteroatoms. The molecule has 1 N–H and O–H groups in total. The van der Waals surface area contributed by atoms with Gasteiger partial charge in [-0.05, 0) is 18.2 Å². The van der Waals surface area contributed by atoms with E-state index in [0.717, 1.165) is 10.3 Å². The minimum atomic E-state index is -3.96. The Morgan fingerprint density at radius 1 is 1.31 bits per heavy atom. The van der Waals surface area contributed by atoms with Crippen LogP contribution in [0.25, 0.3) is 0 Å². The Balaban J connectivity index is 2.28. The molecule has 0 spiro atoms. The van der Waals surface area contributed by atoms with Crippen molar-refractivity contribution in [1.82, 2.24) is 5.16 Å². The maximum absolute atomic E-state index is 13.3. The van der Waals surface area contributed by atoms with Crippen LogP contribution in [0.15, 0.2) is 39.9 Å². The van der Waals surface area contributed by atoms with Crippen LogP contribution in [-0.4, -0.2) is 48.6 Å². The van der Waals surface area contributed by atoms with Gasteiger partial charge in [-0.25, -0.2) is 12.7 Å². The van der Waals surface area contributed by atoms with Crippen molar-refractivity contribution in [2.45, 2.75) is 30.6 Å². The van der Waals surface area contributed by atoms with E-state index in [9.17, 15) is 8.42 Å². The number of aromatic nitrogens is 1. The SMILES string of the molecule is C#CCNc1ccc(S(=O)(=O)N(COCC[Si](C)(C)C)c2ccon2)cc1OC. The van der Waals surface area contributed by atoms with Gasteiger partial charge in [0.05, 0.1) is 24.2 Å². The molecule has 2 rings (SSSR count). The van der Waals surface area contributed by atoms with Crippen molar-refractivity contribution in [3.05, 3.63) is 30.5 Å². The molecule has 0 atom stereocenters. The average molecular weight is 438 g/mol. The molecule has 0 unspecified atom stereocenters. The Morgan fingerprint density at radius 2 is 2.07 bits per heavy atom. The number of ether oxygens (including phenoxy) is 2. The fraction of sp³-hybridized carbons (Fsp3) is 0.421. The van der Waals surface area contributed by atoms with Crippen molar-refractivity contribution in [2.24, 2.45) is 0 Å². The van der Waals surface area contributed by atoms with Crippen molar-refractivity contribution in [1.29, 1.82) is 0 Å². The summed E-state index contributed by atoms with van der Waals surface area (Å²) < 4.78 is 43.5. The highest BCUT2D eigenvalue weighted by Gasteiger charge is 2.28. The standard InChI is InChI=1S/C19H27N3O5SSi/c1-6-10-20-17-8-7-16(14-18(17)25-2)28(23,24)22(19-9-11-27-21-19)15-26-12-13-29(3,4)5/h1,7-9,11,14,20H,10,12-13,15H2,2-5H3. The molecule has 0 bridgehead atoms. The van der Waals surface area contributed by atoms with E-state index in [4.69, 9.17) is 20.4 Å². The molecule has 1 aromatic carbocycles. The lowest BCUT2D eigenvalue weighted by Gasteiger charge is -2.23. The fourth-order valence-corrected chi connectivity index (χ4v) is 4.43. The Hall–Kier alpha value is -2.48. The molecule has 1 aromatic heterocycles. The van der Waals surface area contributed by atoms with Crippen molar-refractivity contribution in [3.8, 4) is 18.1 Å². The Labute approximate surface area is 173 Å². The summed E-state index contributed by atoms with van der Waals surface area (Å²) in [5.41, 5.74) is 0.601. The number of terminal acetylenes is 1. The van der Waals surface area contributed by atoms with Gasteiger partial charge in [0.2, 0.25) is 0 Å². The molecule has 1 heterocycles. The molecule has 29 heavy (non-hydrogen) atoms. The van der Waals surface area contributed by atoms with Gasteiger partial charge in [0.1, 0.15) is 18.7 Å². The van der Waals surface area contributed by atoms with Gasteiger partial charge in [-0.2, -0.15) is 0 Å². The first-order valence-corrected chi connectivity index (χ1v) is 14.2.